The maximum Gasteiger partial charge on any atom is 0.140 e. The number of nitrogens with two attached hydrogens (primary N) is 1. The van der Waals surface area contributed by atoms with Crippen molar-refractivity contribution in [2.75, 3.05) is 5.73 Å². The molecule has 0 bridgehead atoms. The molecule has 0 saturated carbocycles. The molecule has 100 valence electrons. The Kier molecular flexibility index (Phi) is 3.65. The first kappa shape index (κ1) is 12.7. The van der Waals surface area contributed by atoms with Crippen LogP contribution in [0.15, 0.2) is 60.0 Å². The highest BCUT2D eigenvalue weighted by molar-refractivity contribution is 7.09. The fourth-order valence-corrected chi connectivity index (χ4v) is 2.54. The first-order chi connectivity index (χ1) is 9.81. The quantitative estimate of drug-likeness (QED) is 0.736. The topological polar surface area (TPSA) is 48.1 Å². The highest BCUT2D eigenvalue weighted by atomic mass is 32.1. The molecule has 0 fully saturated rings. The van der Waals surface area contributed by atoms with Crippen molar-refractivity contribution in [1.82, 2.24) is 4.98 Å². The van der Waals surface area contributed by atoms with E-state index in [1.807, 2.05) is 60.0 Å². The molecule has 1 heterocycles. The molecule has 2 aromatic carbocycles. The van der Waals surface area contributed by atoms with Gasteiger partial charge in [-0.25, -0.2) is 4.98 Å². The van der Waals surface area contributed by atoms with E-state index in [4.69, 9.17) is 10.5 Å². The van der Waals surface area contributed by atoms with Crippen LogP contribution in [-0.4, -0.2) is 4.98 Å². The van der Waals surface area contributed by atoms with E-state index in [1.54, 1.807) is 11.3 Å². The summed E-state index contributed by atoms with van der Waals surface area (Å²) >= 11 is 1.60. The van der Waals surface area contributed by atoms with Crippen molar-refractivity contribution in [1.29, 1.82) is 0 Å². The Morgan fingerprint density at radius 2 is 1.75 bits per heavy atom. The highest BCUT2D eigenvalue weighted by Crippen LogP contribution is 2.23. The molecule has 0 aliphatic rings. The van der Waals surface area contributed by atoms with Gasteiger partial charge in [-0.2, -0.15) is 0 Å². The van der Waals surface area contributed by atoms with Crippen LogP contribution in [0.3, 0.4) is 0 Å². The van der Waals surface area contributed by atoms with Gasteiger partial charge in [0.05, 0.1) is 5.69 Å². The summed E-state index contributed by atoms with van der Waals surface area (Å²) in [5, 5.41) is 3.00. The second kappa shape index (κ2) is 5.75. The highest BCUT2D eigenvalue weighted by Gasteiger charge is 2.05. The molecule has 3 rings (SSSR count). The van der Waals surface area contributed by atoms with Crippen molar-refractivity contribution >= 4 is 17.0 Å². The maximum atomic E-state index is 5.69. The van der Waals surface area contributed by atoms with Gasteiger partial charge in [0.2, 0.25) is 0 Å². The Bertz CT molecular complexity index is 677. The smallest absolute Gasteiger partial charge is 0.140 e. The lowest BCUT2D eigenvalue weighted by atomic mass is 10.1. The van der Waals surface area contributed by atoms with E-state index in [0.29, 0.717) is 6.61 Å². The third-order valence-corrected chi connectivity index (χ3v) is 3.69. The van der Waals surface area contributed by atoms with Gasteiger partial charge in [0, 0.05) is 16.6 Å². The van der Waals surface area contributed by atoms with Crippen LogP contribution in [0.5, 0.6) is 5.75 Å². The van der Waals surface area contributed by atoms with E-state index in [9.17, 15) is 0 Å². The molecule has 0 unspecified atom stereocenters. The first-order valence-electron chi connectivity index (χ1n) is 6.29. The van der Waals surface area contributed by atoms with Crippen molar-refractivity contribution in [3.63, 3.8) is 0 Å². The Morgan fingerprint density at radius 3 is 2.50 bits per heavy atom. The summed E-state index contributed by atoms with van der Waals surface area (Å²) in [5.74, 6) is 0.858. The van der Waals surface area contributed by atoms with E-state index >= 15 is 0 Å². The zero-order valence-corrected chi connectivity index (χ0v) is 11.6. The monoisotopic (exact) mass is 282 g/mol. The fourth-order valence-electron chi connectivity index (χ4n) is 1.83. The van der Waals surface area contributed by atoms with Gasteiger partial charge in [0.15, 0.2) is 0 Å². The molecular weight excluding hydrogens is 268 g/mol. The first-order valence-corrected chi connectivity index (χ1v) is 7.17. The number of ether oxygens (including phenoxy) is 1. The number of rotatable bonds is 4. The Labute approximate surface area is 121 Å². The predicted molar refractivity (Wildman–Crippen MR) is 82.7 cm³/mol. The molecule has 0 aliphatic heterocycles. The average Bonchev–Trinajstić information content (AvgIpc) is 2.96. The minimum atomic E-state index is 0.490. The van der Waals surface area contributed by atoms with Gasteiger partial charge in [-0.1, -0.05) is 30.3 Å². The van der Waals surface area contributed by atoms with Gasteiger partial charge in [-0.05, 0) is 24.3 Å². The van der Waals surface area contributed by atoms with Crippen LogP contribution in [0.4, 0.5) is 5.69 Å². The summed E-state index contributed by atoms with van der Waals surface area (Å²) in [4.78, 5) is 4.58. The van der Waals surface area contributed by atoms with E-state index < -0.39 is 0 Å². The number of nitrogens with zero attached hydrogens (tertiary/aromatic N) is 1. The summed E-state index contributed by atoms with van der Waals surface area (Å²) in [7, 11) is 0. The van der Waals surface area contributed by atoms with Gasteiger partial charge < -0.3 is 10.5 Å². The average molecular weight is 282 g/mol. The Balaban J connectivity index is 1.69. The summed E-state index contributed by atoms with van der Waals surface area (Å²) in [6, 6.07) is 17.5. The summed E-state index contributed by atoms with van der Waals surface area (Å²) in [6.45, 7) is 0.490. The summed E-state index contributed by atoms with van der Waals surface area (Å²) in [6.07, 6.45) is 0. The zero-order valence-electron chi connectivity index (χ0n) is 10.8. The molecular formula is C16H14N2OS. The zero-order chi connectivity index (χ0) is 13.8. The summed E-state index contributed by atoms with van der Waals surface area (Å²) in [5.41, 5.74) is 8.48. The normalized spacial score (nSPS) is 10.4. The third-order valence-electron chi connectivity index (χ3n) is 2.86. The third kappa shape index (κ3) is 2.97. The number of nitrogen functional groups attached to an aromatic ring is 1. The number of hydrogen-bond acceptors (Lipinski definition) is 4. The number of benzene rings is 2. The van der Waals surface area contributed by atoms with Crippen molar-refractivity contribution < 1.29 is 4.74 Å². The SMILES string of the molecule is Nc1ccc(-c2csc(COc3ccccc3)n2)cc1. The van der Waals surface area contributed by atoms with Gasteiger partial charge in [0.25, 0.3) is 0 Å². The van der Waals surface area contributed by atoms with Crippen LogP contribution in [0.1, 0.15) is 5.01 Å². The van der Waals surface area contributed by atoms with Crippen molar-refractivity contribution in [3.05, 3.63) is 65.0 Å². The molecule has 4 heteroatoms. The molecule has 0 amide bonds. The van der Waals surface area contributed by atoms with Gasteiger partial charge in [0.1, 0.15) is 17.4 Å². The Hall–Kier alpha value is -2.33. The number of aromatic nitrogens is 1. The summed E-state index contributed by atoms with van der Waals surface area (Å²) < 4.78 is 5.69. The van der Waals surface area contributed by atoms with Crippen LogP contribution in [0.25, 0.3) is 11.3 Å². The number of anilines is 1. The standard InChI is InChI=1S/C16H14N2OS/c17-13-8-6-12(7-9-13)15-11-20-16(18-15)10-19-14-4-2-1-3-5-14/h1-9,11H,10,17H2. The van der Waals surface area contributed by atoms with Crippen LogP contribution in [0.2, 0.25) is 0 Å². The van der Waals surface area contributed by atoms with E-state index in [1.165, 1.54) is 0 Å². The lowest BCUT2D eigenvalue weighted by molar-refractivity contribution is 0.305. The number of para-hydroxylation sites is 1. The molecule has 0 saturated heterocycles. The van der Waals surface area contributed by atoms with E-state index in [0.717, 1.165) is 27.7 Å². The molecule has 3 aromatic rings. The molecule has 0 aliphatic carbocycles. The van der Waals surface area contributed by atoms with Crippen LogP contribution in [-0.2, 0) is 6.61 Å². The van der Waals surface area contributed by atoms with Crippen molar-refractivity contribution in [2.45, 2.75) is 6.61 Å². The lowest BCUT2D eigenvalue weighted by Crippen LogP contribution is -1.94. The van der Waals surface area contributed by atoms with Crippen molar-refractivity contribution in [2.24, 2.45) is 0 Å². The second-order valence-corrected chi connectivity index (χ2v) is 5.29. The minimum Gasteiger partial charge on any atom is -0.486 e. The number of thiazole rings is 1. The van der Waals surface area contributed by atoms with Gasteiger partial charge >= 0.3 is 0 Å². The second-order valence-electron chi connectivity index (χ2n) is 4.35. The van der Waals surface area contributed by atoms with Crippen LogP contribution < -0.4 is 10.5 Å². The molecule has 2 N–H and O–H groups in total. The van der Waals surface area contributed by atoms with Crippen molar-refractivity contribution in [3.8, 4) is 17.0 Å². The van der Waals surface area contributed by atoms with Gasteiger partial charge in [-0.3, -0.25) is 0 Å². The van der Waals surface area contributed by atoms with E-state index in [2.05, 4.69) is 4.98 Å². The molecule has 20 heavy (non-hydrogen) atoms. The Morgan fingerprint density at radius 1 is 1.00 bits per heavy atom. The lowest BCUT2D eigenvalue weighted by Gasteiger charge is -2.02. The molecule has 0 spiro atoms. The number of hydrogen-bond donors (Lipinski definition) is 1. The van der Waals surface area contributed by atoms with Crippen LogP contribution in [0, 0.1) is 0 Å². The largest absolute Gasteiger partial charge is 0.486 e. The maximum absolute atomic E-state index is 5.69. The van der Waals surface area contributed by atoms with Crippen LogP contribution >= 0.6 is 11.3 Å². The minimum absolute atomic E-state index is 0.490. The predicted octanol–water partition coefficient (Wildman–Crippen LogP) is 3.97. The van der Waals surface area contributed by atoms with E-state index in [-0.39, 0.29) is 0 Å². The fraction of sp³-hybridized carbons (Fsp3) is 0.0625. The molecule has 0 atom stereocenters. The van der Waals surface area contributed by atoms with Gasteiger partial charge in [-0.15, -0.1) is 11.3 Å². The molecule has 0 radical (unpaired) electrons. The molecule has 3 nitrogen and oxygen atoms in total. The molecule has 1 aromatic heterocycles.